The van der Waals surface area contributed by atoms with E-state index in [1.165, 1.54) is 6.07 Å². The maximum atomic E-state index is 8.51. The van der Waals surface area contributed by atoms with Gasteiger partial charge < -0.3 is 14.4 Å². The molecular weight excluding hydrogens is 849 g/mol. The van der Waals surface area contributed by atoms with Crippen molar-refractivity contribution in [3.05, 3.63) is 169 Å². The molecule has 0 N–H and O–H groups in total. The average molecular weight is 904 g/mol. The van der Waals surface area contributed by atoms with Crippen LogP contribution in [0, 0.1) is 29.8 Å². The van der Waals surface area contributed by atoms with Gasteiger partial charge in [-0.3, -0.25) is 0 Å². The second kappa shape index (κ2) is 16.7. The van der Waals surface area contributed by atoms with Crippen LogP contribution in [-0.2, 0) is 32.9 Å². The van der Waals surface area contributed by atoms with Crippen LogP contribution >= 0.6 is 0 Å². The fraction of sp³-hybridized carbons (Fsp3) is 0.216. The average Bonchev–Trinajstić information content (AvgIpc) is 3.62. The number of hydrogen-bond donors (Lipinski definition) is 0. The zero-order valence-electron chi connectivity index (χ0n) is 38.9. The number of rotatable bonds is 6. The van der Waals surface area contributed by atoms with Gasteiger partial charge in [-0.25, -0.2) is 0 Å². The maximum Gasteiger partial charge on any atom is 0.135 e. The van der Waals surface area contributed by atoms with E-state index in [4.69, 9.17) is 14.0 Å². The van der Waals surface area contributed by atoms with Crippen molar-refractivity contribution in [3.63, 3.8) is 0 Å². The first kappa shape index (κ1) is 31.1. The molecule has 8 rings (SSSR count). The Bertz CT molecular complexity index is 2800. The van der Waals surface area contributed by atoms with Crippen LogP contribution in [0.3, 0.4) is 0 Å². The number of aryl methyl sites for hydroxylation is 1. The summed E-state index contributed by atoms with van der Waals surface area (Å²) in [5.74, 6) is 0. The van der Waals surface area contributed by atoms with Crippen LogP contribution in [-0.4, -0.2) is 9.97 Å². The number of furan rings is 1. The largest absolute Gasteiger partial charge is 0.456 e. The topological polar surface area (TPSA) is 38.9 Å². The summed E-state index contributed by atoms with van der Waals surface area (Å²) in [5.41, 5.74) is 8.27. The SMILES string of the molecule is [2H]C([2H])([2H])c1c[c-]c(-c2ccc(C([2H])([2H])C(C)(C)C)cn2)cc1-c1cccc2oc3ccccc3c12.[2H]C([2H])(c1ccc(-c2ccnc(-c3[c-]cccc3)c2)cc1)C(C)(C)C.[Ir]. The summed E-state index contributed by atoms with van der Waals surface area (Å²) < 4.78 is 64.3. The Morgan fingerprint density at radius 1 is 0.636 bits per heavy atom. The molecule has 3 heterocycles. The number of benzene rings is 5. The monoisotopic (exact) mass is 904 g/mol. The first-order valence-electron chi connectivity index (χ1n) is 21.6. The van der Waals surface area contributed by atoms with Gasteiger partial charge in [0.05, 0.1) is 0 Å². The molecule has 0 fully saturated rings. The van der Waals surface area contributed by atoms with Crippen molar-refractivity contribution >= 4 is 21.9 Å². The van der Waals surface area contributed by atoms with E-state index in [0.717, 1.165) is 44.3 Å². The molecule has 0 bridgehead atoms. The van der Waals surface area contributed by atoms with Gasteiger partial charge in [-0.15, -0.1) is 65.2 Å². The van der Waals surface area contributed by atoms with E-state index >= 15 is 0 Å². The fourth-order valence-electron chi connectivity index (χ4n) is 6.41. The van der Waals surface area contributed by atoms with E-state index in [0.29, 0.717) is 33.5 Å². The van der Waals surface area contributed by atoms with E-state index < -0.39 is 30.4 Å². The predicted molar refractivity (Wildman–Crippen MR) is 226 cm³/mol. The zero-order chi connectivity index (χ0) is 44.0. The van der Waals surface area contributed by atoms with Gasteiger partial charge in [0.1, 0.15) is 11.2 Å². The van der Waals surface area contributed by atoms with Crippen LogP contribution in [0.1, 0.15) is 67.8 Å². The Hall–Kier alpha value is -5.15. The van der Waals surface area contributed by atoms with Crippen molar-refractivity contribution in [1.29, 1.82) is 0 Å². The molecule has 0 saturated heterocycles. The summed E-state index contributed by atoms with van der Waals surface area (Å²) in [7, 11) is 0. The van der Waals surface area contributed by atoms with E-state index in [2.05, 4.69) is 22.1 Å². The Morgan fingerprint density at radius 2 is 1.36 bits per heavy atom. The summed E-state index contributed by atoms with van der Waals surface area (Å²) in [4.78, 5) is 8.96. The van der Waals surface area contributed by atoms with Crippen molar-refractivity contribution in [3.8, 4) is 44.8 Å². The van der Waals surface area contributed by atoms with Gasteiger partial charge in [-0.05, 0) is 81.0 Å². The number of pyridine rings is 2. The third kappa shape index (κ3) is 9.75. The van der Waals surface area contributed by atoms with Crippen molar-refractivity contribution in [2.75, 3.05) is 0 Å². The van der Waals surface area contributed by atoms with Gasteiger partial charge in [0.15, 0.2) is 0 Å². The van der Waals surface area contributed by atoms with Crippen molar-refractivity contribution in [2.45, 2.75) is 61.1 Å². The summed E-state index contributed by atoms with van der Waals surface area (Å²) >= 11 is 0. The smallest absolute Gasteiger partial charge is 0.135 e. The van der Waals surface area contributed by atoms with Gasteiger partial charge in [-0.2, -0.15) is 0 Å². The number of hydrogen-bond acceptors (Lipinski definition) is 3. The molecule has 3 aromatic heterocycles. The first-order valence-corrected chi connectivity index (χ1v) is 18.1. The molecule has 8 aromatic rings. The van der Waals surface area contributed by atoms with Gasteiger partial charge in [0, 0.05) is 52.9 Å². The second-order valence-electron chi connectivity index (χ2n) is 15.4. The third-order valence-electron chi connectivity index (χ3n) is 8.68. The quantitative estimate of drug-likeness (QED) is 0.156. The van der Waals surface area contributed by atoms with Crippen molar-refractivity contribution in [2.24, 2.45) is 10.8 Å². The molecule has 4 heteroatoms. The Balaban J connectivity index is 0.000000217. The number of nitrogens with zero attached hydrogens (tertiary/aromatic N) is 2. The van der Waals surface area contributed by atoms with Crippen LogP contribution in [0.25, 0.3) is 66.7 Å². The molecule has 0 aliphatic rings. The molecule has 0 atom stereocenters. The van der Waals surface area contributed by atoms with E-state index in [-0.39, 0.29) is 25.7 Å². The van der Waals surface area contributed by atoms with E-state index in [9.17, 15) is 0 Å². The minimum atomic E-state index is -2.34. The molecule has 0 aliphatic carbocycles. The van der Waals surface area contributed by atoms with Gasteiger partial charge in [0.2, 0.25) is 0 Å². The maximum absolute atomic E-state index is 8.51. The molecule has 0 spiro atoms. The van der Waals surface area contributed by atoms with Crippen LogP contribution in [0.15, 0.2) is 144 Å². The molecule has 3 nitrogen and oxygen atoms in total. The second-order valence-corrected chi connectivity index (χ2v) is 15.4. The molecule has 0 amide bonds. The van der Waals surface area contributed by atoms with Gasteiger partial charge in [0.25, 0.3) is 0 Å². The number of aromatic nitrogens is 2. The van der Waals surface area contributed by atoms with E-state index in [1.807, 2.05) is 145 Å². The summed E-state index contributed by atoms with van der Waals surface area (Å²) in [5, 5.41) is 1.78. The molecule has 55 heavy (non-hydrogen) atoms. The van der Waals surface area contributed by atoms with Crippen LogP contribution in [0.4, 0.5) is 0 Å². The molecule has 279 valence electrons. The van der Waals surface area contributed by atoms with Crippen molar-refractivity contribution in [1.82, 2.24) is 9.97 Å². The van der Waals surface area contributed by atoms with Gasteiger partial charge in [-0.1, -0.05) is 127 Å². The summed E-state index contributed by atoms with van der Waals surface area (Å²) in [6.45, 7) is 9.00. The Kier molecular flexibility index (Phi) is 9.44. The summed E-state index contributed by atoms with van der Waals surface area (Å²) in [6, 6.07) is 46.0. The number of fused-ring (bicyclic) bond motifs is 3. The Morgan fingerprint density at radius 3 is 2.07 bits per heavy atom. The predicted octanol–water partition coefficient (Wildman–Crippen LogP) is 13.8. The summed E-state index contributed by atoms with van der Waals surface area (Å²) in [6.07, 6.45) is 0.411. The molecule has 0 aliphatic heterocycles. The van der Waals surface area contributed by atoms with Crippen LogP contribution < -0.4 is 0 Å². The zero-order valence-corrected chi connectivity index (χ0v) is 34.3. The normalized spacial score (nSPS) is 14.2. The van der Waals surface area contributed by atoms with Crippen LogP contribution in [0.5, 0.6) is 0 Å². The molecule has 1 radical (unpaired) electrons. The minimum Gasteiger partial charge on any atom is -0.456 e. The minimum absolute atomic E-state index is 0. The number of para-hydroxylation sites is 1. The van der Waals surface area contributed by atoms with Gasteiger partial charge >= 0.3 is 0 Å². The first-order chi connectivity index (χ1) is 28.7. The van der Waals surface area contributed by atoms with Crippen molar-refractivity contribution < 1.29 is 34.1 Å². The van der Waals surface area contributed by atoms with E-state index in [1.54, 1.807) is 30.6 Å². The molecular formula is C51H48IrN2O-2. The molecule has 5 aromatic carbocycles. The standard InChI is InChI=1S/C29H26NO.C22H22N.Ir/c1-19-12-14-21(25-15-13-20(18-30-25)17-29(2,3)4)16-24(19)22-9-7-11-27-28(22)23-8-5-6-10-26(23)31-27;1-22(2,3)16-17-9-11-18(12-10-17)20-13-14-23-21(15-20)19-7-5-4-6-8-19;/h5-13,15-16,18H,17H2,1-4H3;4-7,9-15H,16H2,1-3H3;/q2*-1;/i1D3,17D2;16D2;. The molecule has 0 unspecified atom stereocenters. The fourth-order valence-corrected chi connectivity index (χ4v) is 6.41. The third-order valence-corrected chi connectivity index (χ3v) is 8.68. The Labute approximate surface area is 350 Å². The van der Waals surface area contributed by atoms with Crippen LogP contribution in [0.2, 0.25) is 0 Å². The molecule has 0 saturated carbocycles.